The van der Waals surface area contributed by atoms with Crippen molar-refractivity contribution in [3.05, 3.63) is 71.9 Å². The summed E-state index contributed by atoms with van der Waals surface area (Å²) in [4.78, 5) is 17.8. The highest BCUT2D eigenvalue weighted by molar-refractivity contribution is 5.84. The van der Waals surface area contributed by atoms with Gasteiger partial charge in [0.25, 0.3) is 0 Å². The van der Waals surface area contributed by atoms with E-state index in [0.717, 1.165) is 16.8 Å². The van der Waals surface area contributed by atoms with Crippen molar-refractivity contribution in [3.8, 4) is 11.3 Å². The molecule has 0 aliphatic heterocycles. The molecule has 0 aliphatic carbocycles. The quantitative estimate of drug-likeness (QED) is 0.726. The Hall–Kier alpha value is -3.06. The zero-order valence-electron chi connectivity index (χ0n) is 15.2. The fourth-order valence-electron chi connectivity index (χ4n) is 2.90. The minimum atomic E-state index is -0.445. The summed E-state index contributed by atoms with van der Waals surface area (Å²) in [5, 5.41) is 15.6. The third-order valence-electron chi connectivity index (χ3n) is 4.25. The lowest BCUT2D eigenvalue weighted by Gasteiger charge is -2.28. The van der Waals surface area contributed by atoms with Gasteiger partial charge in [-0.05, 0) is 42.8 Å². The number of amides is 1. The van der Waals surface area contributed by atoms with Crippen LogP contribution in [-0.4, -0.2) is 38.5 Å². The summed E-state index contributed by atoms with van der Waals surface area (Å²) in [7, 11) is 0. The molecule has 1 atom stereocenters. The highest BCUT2D eigenvalue weighted by Gasteiger charge is 2.23. The van der Waals surface area contributed by atoms with E-state index in [2.05, 4.69) is 10.1 Å². The van der Waals surface area contributed by atoms with Gasteiger partial charge in [-0.25, -0.2) is 9.40 Å². The van der Waals surface area contributed by atoms with Crippen molar-refractivity contribution in [1.29, 1.82) is 0 Å². The predicted molar refractivity (Wildman–Crippen MR) is 100 cm³/mol. The first-order valence-corrected chi connectivity index (χ1v) is 8.64. The molecule has 0 fully saturated rings. The SMILES string of the molecule is CC(=O)N([C@H](C)CO)n1nc(-c2ccncc2)cc1Cc1ccc(F)cc1. The maximum absolute atomic E-state index is 13.2. The molecule has 0 saturated carbocycles. The molecule has 3 rings (SSSR count). The first kappa shape index (κ1) is 18.7. The molecule has 7 heteroatoms. The number of carbonyl (C=O) groups excluding carboxylic acids is 1. The average Bonchev–Trinajstić information content (AvgIpc) is 3.07. The van der Waals surface area contributed by atoms with Crippen LogP contribution in [0.15, 0.2) is 54.9 Å². The van der Waals surface area contributed by atoms with Gasteiger partial charge in [-0.2, -0.15) is 9.89 Å². The zero-order chi connectivity index (χ0) is 19.4. The van der Waals surface area contributed by atoms with Gasteiger partial charge in [-0.1, -0.05) is 12.1 Å². The van der Waals surface area contributed by atoms with Gasteiger partial charge in [0.1, 0.15) is 5.82 Å². The van der Waals surface area contributed by atoms with Gasteiger partial charge >= 0.3 is 0 Å². The number of hydrogen-bond acceptors (Lipinski definition) is 4. The molecule has 0 saturated heterocycles. The molecule has 1 aromatic carbocycles. The lowest BCUT2D eigenvalue weighted by Crippen LogP contribution is -2.48. The first-order chi connectivity index (χ1) is 13.0. The second-order valence-corrected chi connectivity index (χ2v) is 6.34. The summed E-state index contributed by atoms with van der Waals surface area (Å²) in [6.07, 6.45) is 3.81. The number of aliphatic hydroxyl groups is 1. The number of halogens is 1. The van der Waals surface area contributed by atoms with E-state index < -0.39 is 6.04 Å². The first-order valence-electron chi connectivity index (χ1n) is 8.64. The summed E-state index contributed by atoms with van der Waals surface area (Å²) in [5.74, 6) is -0.537. The number of aromatic nitrogens is 3. The normalized spacial score (nSPS) is 12.0. The second kappa shape index (κ2) is 8.09. The van der Waals surface area contributed by atoms with E-state index in [9.17, 15) is 14.3 Å². The van der Waals surface area contributed by atoms with Crippen molar-refractivity contribution in [2.75, 3.05) is 11.6 Å². The van der Waals surface area contributed by atoms with Gasteiger partial charge < -0.3 is 5.11 Å². The van der Waals surface area contributed by atoms with Crippen LogP contribution >= 0.6 is 0 Å². The average molecular weight is 368 g/mol. The van der Waals surface area contributed by atoms with Crippen molar-refractivity contribution < 1.29 is 14.3 Å². The summed E-state index contributed by atoms with van der Waals surface area (Å²) >= 11 is 0. The second-order valence-electron chi connectivity index (χ2n) is 6.34. The summed E-state index contributed by atoms with van der Waals surface area (Å²) < 4.78 is 13.2. The monoisotopic (exact) mass is 368 g/mol. The molecule has 3 aromatic rings. The van der Waals surface area contributed by atoms with Crippen LogP contribution in [0.5, 0.6) is 0 Å². The standard InChI is InChI=1S/C20H21FN4O2/c1-14(13-26)24(15(2)27)25-19(11-16-3-5-18(21)6-4-16)12-20(23-25)17-7-9-22-10-8-17/h3-10,12,14,26H,11,13H2,1-2H3/t14-/m1/s1. The molecule has 0 aliphatic rings. The Morgan fingerprint density at radius 2 is 1.89 bits per heavy atom. The smallest absolute Gasteiger partial charge is 0.239 e. The van der Waals surface area contributed by atoms with E-state index in [0.29, 0.717) is 12.1 Å². The van der Waals surface area contributed by atoms with Crippen LogP contribution < -0.4 is 5.01 Å². The van der Waals surface area contributed by atoms with Crippen LogP contribution in [0.4, 0.5) is 4.39 Å². The van der Waals surface area contributed by atoms with Gasteiger partial charge in [0.05, 0.1) is 24.0 Å². The Bertz CT molecular complexity index is 909. The topological polar surface area (TPSA) is 71.2 Å². The number of nitrogens with zero attached hydrogens (tertiary/aromatic N) is 4. The van der Waals surface area contributed by atoms with E-state index in [4.69, 9.17) is 0 Å². The molecule has 6 nitrogen and oxygen atoms in total. The van der Waals surface area contributed by atoms with E-state index >= 15 is 0 Å². The fourth-order valence-corrected chi connectivity index (χ4v) is 2.90. The van der Waals surface area contributed by atoms with Gasteiger partial charge in [0.15, 0.2) is 0 Å². The molecule has 0 radical (unpaired) electrons. The predicted octanol–water partition coefficient (Wildman–Crippen LogP) is 2.54. The Morgan fingerprint density at radius 1 is 1.22 bits per heavy atom. The Labute approximate surface area is 156 Å². The number of carbonyl (C=O) groups is 1. The molecule has 0 unspecified atom stereocenters. The Kier molecular flexibility index (Phi) is 5.61. The van der Waals surface area contributed by atoms with Crippen molar-refractivity contribution in [2.24, 2.45) is 0 Å². The highest BCUT2D eigenvalue weighted by Crippen LogP contribution is 2.21. The molecule has 0 bridgehead atoms. The highest BCUT2D eigenvalue weighted by atomic mass is 19.1. The van der Waals surface area contributed by atoms with Crippen LogP contribution in [0.1, 0.15) is 25.1 Å². The van der Waals surface area contributed by atoms with E-state index in [1.807, 2.05) is 18.2 Å². The third-order valence-corrected chi connectivity index (χ3v) is 4.25. The van der Waals surface area contributed by atoms with Crippen LogP contribution in [0.2, 0.25) is 0 Å². The molecular formula is C20H21FN4O2. The molecule has 140 valence electrons. The van der Waals surface area contributed by atoms with Crippen molar-refractivity contribution >= 4 is 5.91 Å². The van der Waals surface area contributed by atoms with Crippen molar-refractivity contribution in [3.63, 3.8) is 0 Å². The summed E-state index contributed by atoms with van der Waals surface area (Å²) in [5.41, 5.74) is 3.19. The van der Waals surface area contributed by atoms with Crippen LogP contribution in [0.25, 0.3) is 11.3 Å². The van der Waals surface area contributed by atoms with Crippen LogP contribution in [0, 0.1) is 5.82 Å². The van der Waals surface area contributed by atoms with E-state index in [-0.39, 0.29) is 18.3 Å². The maximum atomic E-state index is 13.2. The molecular weight excluding hydrogens is 347 g/mol. The Balaban J connectivity index is 2.07. The minimum Gasteiger partial charge on any atom is -0.394 e. The number of aliphatic hydroxyl groups excluding tert-OH is 1. The van der Waals surface area contributed by atoms with Crippen LogP contribution in [0.3, 0.4) is 0 Å². The molecule has 2 aromatic heterocycles. The largest absolute Gasteiger partial charge is 0.394 e. The lowest BCUT2D eigenvalue weighted by atomic mass is 10.1. The fraction of sp³-hybridized carbons (Fsp3) is 0.250. The molecule has 0 spiro atoms. The minimum absolute atomic E-state index is 0.194. The summed E-state index contributed by atoms with van der Waals surface area (Å²) in [6, 6.07) is 11.3. The molecule has 2 heterocycles. The van der Waals surface area contributed by atoms with Gasteiger partial charge in [0.2, 0.25) is 5.91 Å². The number of rotatable bonds is 6. The molecule has 1 N–H and O–H groups in total. The van der Waals surface area contributed by atoms with Gasteiger partial charge in [-0.15, -0.1) is 0 Å². The van der Waals surface area contributed by atoms with E-state index in [1.165, 1.54) is 28.9 Å². The third kappa shape index (κ3) is 4.20. The van der Waals surface area contributed by atoms with E-state index in [1.54, 1.807) is 31.5 Å². The van der Waals surface area contributed by atoms with Crippen molar-refractivity contribution in [1.82, 2.24) is 14.9 Å². The maximum Gasteiger partial charge on any atom is 0.239 e. The van der Waals surface area contributed by atoms with Gasteiger partial charge in [-0.3, -0.25) is 9.78 Å². The molecule has 1 amide bonds. The van der Waals surface area contributed by atoms with Crippen LogP contribution in [-0.2, 0) is 11.2 Å². The zero-order valence-corrected chi connectivity index (χ0v) is 15.2. The lowest BCUT2D eigenvalue weighted by molar-refractivity contribution is -0.119. The van der Waals surface area contributed by atoms with Gasteiger partial charge in [0, 0.05) is 31.3 Å². The molecule has 27 heavy (non-hydrogen) atoms. The van der Waals surface area contributed by atoms with Crippen molar-refractivity contribution in [2.45, 2.75) is 26.3 Å². The summed E-state index contributed by atoms with van der Waals surface area (Å²) in [6.45, 7) is 2.98. The number of pyridine rings is 1. The number of benzene rings is 1. The number of hydrogen-bond donors (Lipinski definition) is 1. The Morgan fingerprint density at radius 3 is 2.48 bits per heavy atom.